The molecule has 0 saturated carbocycles. The lowest BCUT2D eigenvalue weighted by atomic mass is 10.1. The molecule has 0 saturated heterocycles. The summed E-state index contributed by atoms with van der Waals surface area (Å²) in [6, 6.07) is 4.77. The van der Waals surface area contributed by atoms with Crippen LogP contribution in [-0.2, 0) is 18.0 Å². The molecular formula is C19H16F3N7O2S. The number of benzene rings is 1. The molecule has 0 aliphatic heterocycles. The van der Waals surface area contributed by atoms with Crippen LogP contribution in [0.25, 0.3) is 17.1 Å². The van der Waals surface area contributed by atoms with Gasteiger partial charge in [0.2, 0.25) is 5.91 Å². The highest BCUT2D eigenvalue weighted by Gasteiger charge is 2.31. The van der Waals surface area contributed by atoms with Gasteiger partial charge in [0.1, 0.15) is 18.4 Å². The van der Waals surface area contributed by atoms with Gasteiger partial charge in [-0.05, 0) is 31.2 Å². The highest BCUT2D eigenvalue weighted by molar-refractivity contribution is 7.99. The predicted octanol–water partition coefficient (Wildman–Crippen LogP) is 3.71. The average Bonchev–Trinajstić information content (AvgIpc) is 3.48. The number of furan rings is 1. The lowest BCUT2D eigenvalue weighted by Crippen LogP contribution is -2.17. The fraction of sp³-hybridized carbons (Fsp3) is 0.211. The number of hydrogen-bond donors (Lipinski definition) is 1. The summed E-state index contributed by atoms with van der Waals surface area (Å²) in [4.78, 5) is 16.3. The molecule has 0 aliphatic rings. The van der Waals surface area contributed by atoms with Gasteiger partial charge in [-0.1, -0.05) is 11.8 Å². The van der Waals surface area contributed by atoms with Gasteiger partial charge in [0.25, 0.3) is 0 Å². The van der Waals surface area contributed by atoms with Crippen LogP contribution in [-0.4, -0.2) is 41.2 Å². The maximum absolute atomic E-state index is 13.2. The number of hydrogen-bond acceptors (Lipinski definition) is 7. The van der Waals surface area contributed by atoms with E-state index in [1.54, 1.807) is 30.9 Å². The molecular weight excluding hydrogens is 447 g/mol. The van der Waals surface area contributed by atoms with Crippen molar-refractivity contribution in [3.63, 3.8) is 0 Å². The number of nitrogens with one attached hydrogen (secondary N) is 1. The second-order valence-electron chi connectivity index (χ2n) is 6.66. The van der Waals surface area contributed by atoms with Crippen molar-refractivity contribution in [2.75, 3.05) is 11.1 Å². The Hall–Kier alpha value is -3.61. The fourth-order valence-electron chi connectivity index (χ4n) is 2.95. The maximum atomic E-state index is 13.2. The van der Waals surface area contributed by atoms with Gasteiger partial charge in [-0.15, -0.1) is 10.2 Å². The average molecular weight is 463 g/mol. The second kappa shape index (κ2) is 8.49. The van der Waals surface area contributed by atoms with Gasteiger partial charge in [-0.3, -0.25) is 4.79 Å². The molecule has 32 heavy (non-hydrogen) atoms. The Morgan fingerprint density at radius 3 is 2.72 bits per heavy atom. The minimum Gasteiger partial charge on any atom is -0.469 e. The summed E-state index contributed by atoms with van der Waals surface area (Å²) >= 11 is 1.10. The van der Waals surface area contributed by atoms with Gasteiger partial charge in [0.05, 0.1) is 34.5 Å². The van der Waals surface area contributed by atoms with Crippen molar-refractivity contribution in [1.29, 1.82) is 0 Å². The summed E-state index contributed by atoms with van der Waals surface area (Å²) in [5.41, 5.74) is 0.101. The highest BCUT2D eigenvalue weighted by Crippen LogP contribution is 2.33. The van der Waals surface area contributed by atoms with Crippen LogP contribution in [0.3, 0.4) is 0 Å². The first-order chi connectivity index (χ1) is 15.2. The normalized spacial score (nSPS) is 11.7. The van der Waals surface area contributed by atoms with E-state index in [2.05, 4.69) is 25.6 Å². The molecule has 0 aliphatic carbocycles. The van der Waals surface area contributed by atoms with Gasteiger partial charge in [-0.25, -0.2) is 9.67 Å². The quantitative estimate of drug-likeness (QED) is 0.435. The molecule has 3 heterocycles. The van der Waals surface area contributed by atoms with Gasteiger partial charge >= 0.3 is 6.18 Å². The molecule has 0 fully saturated rings. The lowest BCUT2D eigenvalue weighted by Gasteiger charge is -2.14. The number of aromatic nitrogens is 6. The molecule has 0 spiro atoms. The molecule has 1 amide bonds. The lowest BCUT2D eigenvalue weighted by molar-refractivity contribution is -0.137. The van der Waals surface area contributed by atoms with Crippen molar-refractivity contribution in [2.45, 2.75) is 18.3 Å². The van der Waals surface area contributed by atoms with Gasteiger partial charge in [0.15, 0.2) is 11.0 Å². The first kappa shape index (κ1) is 21.6. The first-order valence-electron chi connectivity index (χ1n) is 9.17. The Labute approximate surface area is 183 Å². The van der Waals surface area contributed by atoms with E-state index in [1.807, 2.05) is 0 Å². The molecule has 4 aromatic rings. The van der Waals surface area contributed by atoms with Crippen LogP contribution < -0.4 is 5.32 Å². The number of aryl methyl sites for hydroxylation is 1. The van der Waals surface area contributed by atoms with E-state index < -0.39 is 17.6 Å². The van der Waals surface area contributed by atoms with Crippen LogP contribution in [0.2, 0.25) is 0 Å². The molecule has 0 atom stereocenters. The van der Waals surface area contributed by atoms with E-state index in [-0.39, 0.29) is 17.1 Å². The Morgan fingerprint density at radius 1 is 1.25 bits per heavy atom. The van der Waals surface area contributed by atoms with Crippen molar-refractivity contribution < 1.29 is 22.4 Å². The Bertz CT molecular complexity index is 1250. The molecule has 1 aromatic carbocycles. The zero-order valence-electron chi connectivity index (χ0n) is 16.8. The number of carbonyl (C=O) groups excluding carboxylic acids is 1. The Balaban J connectivity index is 1.51. The summed E-state index contributed by atoms with van der Waals surface area (Å²) in [6.45, 7) is 1.80. The summed E-state index contributed by atoms with van der Waals surface area (Å²) in [6.07, 6.45) is -0.449. The van der Waals surface area contributed by atoms with Crippen LogP contribution in [0.4, 0.5) is 18.9 Å². The third kappa shape index (κ3) is 4.37. The number of amides is 1. The summed E-state index contributed by atoms with van der Waals surface area (Å²) in [5, 5.41) is 15.1. The first-order valence-corrected chi connectivity index (χ1v) is 10.2. The van der Waals surface area contributed by atoms with Crippen LogP contribution >= 0.6 is 11.8 Å². The Kier molecular flexibility index (Phi) is 5.74. The molecule has 166 valence electrons. The van der Waals surface area contributed by atoms with Crippen LogP contribution in [0, 0.1) is 6.92 Å². The van der Waals surface area contributed by atoms with E-state index in [4.69, 9.17) is 4.42 Å². The second-order valence-corrected chi connectivity index (χ2v) is 7.60. The van der Waals surface area contributed by atoms with E-state index in [0.29, 0.717) is 16.7 Å². The zero-order chi connectivity index (χ0) is 22.9. The van der Waals surface area contributed by atoms with Crippen molar-refractivity contribution in [3.8, 4) is 17.1 Å². The molecule has 0 unspecified atom stereocenters. The van der Waals surface area contributed by atoms with E-state index in [0.717, 1.165) is 29.5 Å². The van der Waals surface area contributed by atoms with Crippen LogP contribution in [0.1, 0.15) is 11.3 Å². The van der Waals surface area contributed by atoms with E-state index in [9.17, 15) is 18.0 Å². The fourth-order valence-corrected chi connectivity index (χ4v) is 3.66. The topological polar surface area (TPSA) is 104 Å². The molecule has 9 nitrogen and oxygen atoms in total. The summed E-state index contributed by atoms with van der Waals surface area (Å²) < 4.78 is 47.8. The smallest absolute Gasteiger partial charge is 0.416 e. The number of halogens is 3. The standard InChI is InChI=1S/C19H16F3N7O2S/c1-11-13(5-6-31-11)17-26-27-18(28(17)2)32-8-16(30)25-14-7-12(19(20,21)22)3-4-15(14)29-10-23-9-24-29/h3-7,9-10H,8H2,1-2H3,(H,25,30). The van der Waals surface area contributed by atoms with Crippen LogP contribution in [0.5, 0.6) is 0 Å². The largest absolute Gasteiger partial charge is 0.469 e. The molecule has 13 heteroatoms. The number of alkyl halides is 3. The van der Waals surface area contributed by atoms with Gasteiger partial charge in [0, 0.05) is 7.05 Å². The zero-order valence-corrected chi connectivity index (χ0v) is 17.6. The third-order valence-electron chi connectivity index (χ3n) is 4.53. The number of nitrogens with zero attached hydrogens (tertiary/aromatic N) is 6. The minimum absolute atomic E-state index is 0.0383. The molecule has 4 rings (SSSR count). The Morgan fingerprint density at radius 2 is 2.06 bits per heavy atom. The highest BCUT2D eigenvalue weighted by atomic mass is 32.2. The number of thioether (sulfide) groups is 1. The summed E-state index contributed by atoms with van der Waals surface area (Å²) in [7, 11) is 1.75. The van der Waals surface area contributed by atoms with Crippen molar-refractivity contribution in [2.24, 2.45) is 7.05 Å². The van der Waals surface area contributed by atoms with Gasteiger partial charge < -0.3 is 14.3 Å². The van der Waals surface area contributed by atoms with Gasteiger partial charge in [-0.2, -0.15) is 18.3 Å². The number of carbonyl (C=O) groups is 1. The molecule has 0 radical (unpaired) electrons. The van der Waals surface area contributed by atoms with Crippen molar-refractivity contribution in [1.82, 2.24) is 29.5 Å². The van der Waals surface area contributed by atoms with Crippen LogP contribution in [0.15, 0.2) is 52.8 Å². The van der Waals surface area contributed by atoms with Crippen molar-refractivity contribution >= 4 is 23.4 Å². The minimum atomic E-state index is -4.56. The molecule has 1 N–H and O–H groups in total. The number of anilines is 1. The summed E-state index contributed by atoms with van der Waals surface area (Å²) in [5.74, 6) is 0.647. The maximum Gasteiger partial charge on any atom is 0.416 e. The van der Waals surface area contributed by atoms with Crippen molar-refractivity contribution in [3.05, 3.63) is 54.5 Å². The molecule has 0 bridgehead atoms. The van der Waals surface area contributed by atoms with E-state index >= 15 is 0 Å². The predicted molar refractivity (Wildman–Crippen MR) is 109 cm³/mol. The number of rotatable bonds is 6. The van der Waals surface area contributed by atoms with E-state index in [1.165, 1.54) is 23.4 Å². The SMILES string of the molecule is Cc1occc1-c1nnc(SCC(=O)Nc2cc(C(F)(F)F)ccc2-n2cncn2)n1C. The molecule has 3 aromatic heterocycles. The monoisotopic (exact) mass is 463 g/mol. The third-order valence-corrected chi connectivity index (χ3v) is 5.55.